The number of nitrogens with two attached hydrogens (primary N) is 1. The van der Waals surface area contributed by atoms with Crippen molar-refractivity contribution >= 4 is 21.9 Å². The van der Waals surface area contributed by atoms with E-state index in [2.05, 4.69) is 0 Å². The molecule has 2 rings (SSSR count). The Balaban J connectivity index is 2.18. The highest BCUT2D eigenvalue weighted by atomic mass is 32.2. The number of sulfonamides is 1. The number of likely N-dealkylation sites (N-methyl/N-ethyl adjacent to an activating group) is 1. The normalized spacial score (nSPS) is 11.3. The number of hydrogen-bond acceptors (Lipinski definition) is 6. The van der Waals surface area contributed by atoms with Gasteiger partial charge in [-0.3, -0.25) is 9.59 Å². The topological polar surface area (TPSA) is 116 Å². The maximum atomic E-state index is 13.0. The molecule has 0 aliphatic heterocycles. The van der Waals surface area contributed by atoms with Crippen molar-refractivity contribution in [3.8, 4) is 11.5 Å². The number of carbonyl (C=O) groups is 2. The molecule has 0 unspecified atom stereocenters. The van der Waals surface area contributed by atoms with Crippen LogP contribution in [0.15, 0.2) is 47.4 Å². The van der Waals surface area contributed by atoms with E-state index in [1.807, 2.05) is 0 Å². The highest BCUT2D eigenvalue weighted by molar-refractivity contribution is 7.89. The van der Waals surface area contributed by atoms with E-state index in [1.54, 1.807) is 0 Å². The van der Waals surface area contributed by atoms with Crippen LogP contribution in [0.3, 0.4) is 0 Å². The van der Waals surface area contributed by atoms with E-state index in [4.69, 9.17) is 15.2 Å². The Morgan fingerprint density at radius 2 is 1.78 bits per heavy atom. The van der Waals surface area contributed by atoms with Crippen molar-refractivity contribution in [3.05, 3.63) is 53.8 Å². The lowest BCUT2D eigenvalue weighted by Gasteiger charge is -2.17. The summed E-state index contributed by atoms with van der Waals surface area (Å²) in [4.78, 5) is 23.4. The average Bonchev–Trinajstić information content (AvgIpc) is 2.61. The van der Waals surface area contributed by atoms with Crippen LogP contribution in [0.5, 0.6) is 11.5 Å². The summed E-state index contributed by atoms with van der Waals surface area (Å²) >= 11 is 0. The summed E-state index contributed by atoms with van der Waals surface area (Å²) in [6.07, 6.45) is 0. The maximum absolute atomic E-state index is 13.0. The molecule has 0 saturated heterocycles. The molecule has 0 aliphatic rings. The molecule has 1 amide bonds. The molecule has 0 atom stereocenters. The summed E-state index contributed by atoms with van der Waals surface area (Å²) in [5.41, 5.74) is 5.17. The zero-order valence-electron chi connectivity index (χ0n) is 14.5. The number of primary amides is 1. The van der Waals surface area contributed by atoms with Gasteiger partial charge in [0.25, 0.3) is 5.91 Å². The number of ether oxygens (including phenoxy) is 2. The Kier molecular flexibility index (Phi) is 6.13. The molecule has 144 valence electrons. The van der Waals surface area contributed by atoms with Crippen LogP contribution >= 0.6 is 0 Å². The third-order valence-corrected chi connectivity index (χ3v) is 5.37. The van der Waals surface area contributed by atoms with E-state index in [1.165, 1.54) is 32.4 Å². The van der Waals surface area contributed by atoms with Gasteiger partial charge in [-0.05, 0) is 36.4 Å². The molecule has 0 saturated carbocycles. The first-order chi connectivity index (χ1) is 12.6. The molecule has 0 aliphatic carbocycles. The number of esters is 1. The van der Waals surface area contributed by atoms with Crippen molar-refractivity contribution in [1.82, 2.24) is 4.31 Å². The Morgan fingerprint density at radius 1 is 1.15 bits per heavy atom. The second-order valence-corrected chi connectivity index (χ2v) is 7.46. The molecule has 0 fully saturated rings. The molecular weight excluding hydrogens is 379 g/mol. The second kappa shape index (κ2) is 8.14. The van der Waals surface area contributed by atoms with Crippen LogP contribution < -0.4 is 15.2 Å². The third-order valence-electron chi connectivity index (χ3n) is 3.55. The SMILES string of the molecule is COc1ccc(C(N)=O)c(OC(=O)CN(C)S(=O)(=O)c2ccc(F)cc2)c1. The van der Waals surface area contributed by atoms with Crippen molar-refractivity contribution in [1.29, 1.82) is 0 Å². The number of carbonyl (C=O) groups excluding carboxylic acids is 2. The summed E-state index contributed by atoms with van der Waals surface area (Å²) in [6, 6.07) is 8.22. The van der Waals surface area contributed by atoms with Gasteiger partial charge in [0.2, 0.25) is 10.0 Å². The third kappa shape index (κ3) is 4.80. The van der Waals surface area contributed by atoms with E-state index in [0.717, 1.165) is 28.6 Å². The Labute approximate surface area is 155 Å². The van der Waals surface area contributed by atoms with Crippen LogP contribution in [-0.4, -0.2) is 45.3 Å². The summed E-state index contributed by atoms with van der Waals surface area (Å²) in [6.45, 7) is -0.644. The molecule has 0 bridgehead atoms. The number of nitrogens with zero attached hydrogens (tertiary/aromatic N) is 1. The summed E-state index contributed by atoms with van der Waals surface area (Å²) < 4.78 is 48.6. The van der Waals surface area contributed by atoms with Gasteiger partial charge in [0.1, 0.15) is 23.9 Å². The maximum Gasteiger partial charge on any atom is 0.326 e. The van der Waals surface area contributed by atoms with Crippen molar-refractivity contribution in [2.75, 3.05) is 20.7 Å². The van der Waals surface area contributed by atoms with Gasteiger partial charge >= 0.3 is 5.97 Å². The monoisotopic (exact) mass is 396 g/mol. The minimum Gasteiger partial charge on any atom is -0.497 e. The number of halogens is 1. The minimum atomic E-state index is -4.03. The smallest absolute Gasteiger partial charge is 0.326 e. The number of rotatable bonds is 7. The van der Waals surface area contributed by atoms with Crippen molar-refractivity contribution in [2.45, 2.75) is 4.90 Å². The van der Waals surface area contributed by atoms with Crippen molar-refractivity contribution in [2.24, 2.45) is 5.73 Å². The lowest BCUT2D eigenvalue weighted by Crippen LogP contribution is -2.34. The second-order valence-electron chi connectivity index (χ2n) is 5.42. The fraction of sp³-hybridized carbons (Fsp3) is 0.176. The fourth-order valence-electron chi connectivity index (χ4n) is 2.13. The van der Waals surface area contributed by atoms with Crippen molar-refractivity contribution in [3.63, 3.8) is 0 Å². The van der Waals surface area contributed by atoms with Crippen molar-refractivity contribution < 1.29 is 31.9 Å². The van der Waals surface area contributed by atoms with E-state index >= 15 is 0 Å². The van der Waals surface area contributed by atoms with Gasteiger partial charge in [0.05, 0.1) is 17.6 Å². The number of methoxy groups -OCH3 is 1. The lowest BCUT2D eigenvalue weighted by atomic mass is 10.2. The standard InChI is InChI=1S/C17H17FN2O6S/c1-20(27(23,24)13-6-3-11(18)4-7-13)10-16(21)26-15-9-12(25-2)5-8-14(15)17(19)22/h3-9H,10H2,1-2H3,(H2,19,22). The minimum absolute atomic E-state index is 0.0619. The van der Waals surface area contributed by atoms with E-state index in [9.17, 15) is 22.4 Å². The lowest BCUT2D eigenvalue weighted by molar-refractivity contribution is -0.134. The predicted octanol–water partition coefficient (Wildman–Crippen LogP) is 1.16. The Bertz CT molecular complexity index is 960. The van der Waals surface area contributed by atoms with Crippen LogP contribution in [0, 0.1) is 5.82 Å². The fourth-order valence-corrected chi connectivity index (χ4v) is 3.24. The zero-order chi connectivity index (χ0) is 20.2. The van der Waals surface area contributed by atoms with Crippen LogP contribution in [-0.2, 0) is 14.8 Å². The highest BCUT2D eigenvalue weighted by Crippen LogP contribution is 2.25. The van der Waals surface area contributed by atoms with Crippen LogP contribution in [0.25, 0.3) is 0 Å². The molecule has 8 nitrogen and oxygen atoms in total. The van der Waals surface area contributed by atoms with Crippen LogP contribution in [0.4, 0.5) is 4.39 Å². The summed E-state index contributed by atoms with van der Waals surface area (Å²) in [5.74, 6) is -2.20. The van der Waals surface area contributed by atoms with E-state index in [-0.39, 0.29) is 16.2 Å². The van der Waals surface area contributed by atoms with Gasteiger partial charge in [-0.15, -0.1) is 0 Å². The molecule has 0 radical (unpaired) electrons. The first-order valence-electron chi connectivity index (χ1n) is 7.55. The van der Waals surface area contributed by atoms with E-state index in [0.29, 0.717) is 5.75 Å². The number of benzene rings is 2. The molecule has 2 aromatic carbocycles. The molecular formula is C17H17FN2O6S. The summed E-state index contributed by atoms with van der Waals surface area (Å²) in [5, 5.41) is 0. The molecule has 27 heavy (non-hydrogen) atoms. The number of hydrogen-bond donors (Lipinski definition) is 1. The van der Waals surface area contributed by atoms with Crippen LogP contribution in [0.1, 0.15) is 10.4 Å². The average molecular weight is 396 g/mol. The first-order valence-corrected chi connectivity index (χ1v) is 8.99. The Morgan fingerprint density at radius 3 is 2.33 bits per heavy atom. The van der Waals surface area contributed by atoms with Gasteiger partial charge in [0, 0.05) is 13.1 Å². The van der Waals surface area contributed by atoms with Gasteiger partial charge in [-0.25, -0.2) is 12.8 Å². The largest absolute Gasteiger partial charge is 0.497 e. The molecule has 0 aromatic heterocycles. The van der Waals surface area contributed by atoms with Crippen LogP contribution in [0.2, 0.25) is 0 Å². The van der Waals surface area contributed by atoms with Gasteiger partial charge < -0.3 is 15.2 Å². The van der Waals surface area contributed by atoms with E-state index < -0.39 is 34.3 Å². The first kappa shape index (κ1) is 20.3. The predicted molar refractivity (Wildman–Crippen MR) is 93.4 cm³/mol. The zero-order valence-corrected chi connectivity index (χ0v) is 15.3. The Hall–Kier alpha value is -2.98. The van der Waals surface area contributed by atoms with Gasteiger partial charge in [-0.1, -0.05) is 0 Å². The summed E-state index contributed by atoms with van der Waals surface area (Å²) in [7, 11) is -1.48. The number of amides is 1. The molecule has 10 heteroatoms. The molecule has 2 N–H and O–H groups in total. The molecule has 0 heterocycles. The molecule has 0 spiro atoms. The molecule has 2 aromatic rings. The van der Waals surface area contributed by atoms with Gasteiger partial charge in [0.15, 0.2) is 0 Å². The van der Waals surface area contributed by atoms with Gasteiger partial charge in [-0.2, -0.15) is 4.31 Å². The quantitative estimate of drug-likeness (QED) is 0.555. The highest BCUT2D eigenvalue weighted by Gasteiger charge is 2.24.